The molecule has 0 aliphatic heterocycles. The standard InChI is InChI=1S/C14H13NO5/c16-9-2-3-10(14(19)20)11(6-9)15-7-8-1-4-12(17)13(18)5-8/h1-6,15-18H,7H2,(H,19,20). The number of rotatable bonds is 4. The quantitative estimate of drug-likeness (QED) is 0.547. The maximum absolute atomic E-state index is 11.0. The molecule has 0 amide bonds. The maximum atomic E-state index is 11.0. The molecule has 2 aromatic rings. The lowest BCUT2D eigenvalue weighted by Gasteiger charge is -2.10. The van der Waals surface area contributed by atoms with E-state index >= 15 is 0 Å². The average molecular weight is 275 g/mol. The van der Waals surface area contributed by atoms with Crippen LogP contribution in [0.3, 0.4) is 0 Å². The number of carbonyl (C=O) groups is 1. The van der Waals surface area contributed by atoms with E-state index in [1.54, 1.807) is 6.07 Å². The fraction of sp³-hybridized carbons (Fsp3) is 0.0714. The fourth-order valence-electron chi connectivity index (χ4n) is 1.74. The van der Waals surface area contributed by atoms with Crippen LogP contribution in [0.25, 0.3) is 0 Å². The number of hydrogen-bond acceptors (Lipinski definition) is 5. The van der Waals surface area contributed by atoms with E-state index in [0.29, 0.717) is 5.56 Å². The number of phenols is 3. The molecule has 2 aromatic carbocycles. The molecule has 0 heterocycles. The normalized spacial score (nSPS) is 10.2. The van der Waals surface area contributed by atoms with Crippen LogP contribution in [0.2, 0.25) is 0 Å². The Kier molecular flexibility index (Phi) is 3.65. The van der Waals surface area contributed by atoms with Gasteiger partial charge in [0, 0.05) is 12.6 Å². The van der Waals surface area contributed by atoms with Gasteiger partial charge in [0.15, 0.2) is 11.5 Å². The number of nitrogens with one attached hydrogen (secondary N) is 1. The Morgan fingerprint density at radius 3 is 2.40 bits per heavy atom. The number of anilines is 1. The summed E-state index contributed by atoms with van der Waals surface area (Å²) in [6.45, 7) is 0.234. The zero-order chi connectivity index (χ0) is 14.7. The SMILES string of the molecule is O=C(O)c1ccc(O)cc1NCc1ccc(O)c(O)c1. The van der Waals surface area contributed by atoms with Gasteiger partial charge < -0.3 is 25.7 Å². The summed E-state index contributed by atoms with van der Waals surface area (Å²) in [5, 5.41) is 39.9. The van der Waals surface area contributed by atoms with Gasteiger partial charge >= 0.3 is 5.97 Å². The lowest BCUT2D eigenvalue weighted by atomic mass is 10.1. The molecule has 104 valence electrons. The van der Waals surface area contributed by atoms with Crippen LogP contribution in [0.4, 0.5) is 5.69 Å². The molecule has 2 rings (SSSR count). The molecule has 0 saturated carbocycles. The summed E-state index contributed by atoms with van der Waals surface area (Å²) in [7, 11) is 0. The third-order valence-electron chi connectivity index (χ3n) is 2.76. The van der Waals surface area contributed by atoms with Crippen LogP contribution in [0.1, 0.15) is 15.9 Å². The zero-order valence-corrected chi connectivity index (χ0v) is 10.4. The van der Waals surface area contributed by atoms with Gasteiger partial charge in [-0.15, -0.1) is 0 Å². The number of carboxylic acids is 1. The Hall–Kier alpha value is -2.89. The first-order chi connectivity index (χ1) is 9.47. The molecule has 0 unspecified atom stereocenters. The van der Waals surface area contributed by atoms with Crippen molar-refractivity contribution in [1.82, 2.24) is 0 Å². The molecule has 0 radical (unpaired) electrons. The van der Waals surface area contributed by atoms with Crippen molar-refractivity contribution in [3.8, 4) is 17.2 Å². The Labute approximate surface area is 114 Å². The zero-order valence-electron chi connectivity index (χ0n) is 10.4. The molecule has 6 nitrogen and oxygen atoms in total. The second kappa shape index (κ2) is 5.40. The van der Waals surface area contributed by atoms with Gasteiger partial charge in [-0.1, -0.05) is 6.07 Å². The van der Waals surface area contributed by atoms with Crippen LogP contribution in [0.5, 0.6) is 17.2 Å². The highest BCUT2D eigenvalue weighted by molar-refractivity contribution is 5.94. The minimum Gasteiger partial charge on any atom is -0.508 e. The van der Waals surface area contributed by atoms with Crippen molar-refractivity contribution >= 4 is 11.7 Å². The summed E-state index contributed by atoms with van der Waals surface area (Å²) in [6.07, 6.45) is 0. The molecule has 0 bridgehead atoms. The van der Waals surface area contributed by atoms with Crippen molar-refractivity contribution in [3.63, 3.8) is 0 Å². The van der Waals surface area contributed by atoms with E-state index in [-0.39, 0.29) is 35.0 Å². The van der Waals surface area contributed by atoms with E-state index in [4.69, 9.17) is 5.11 Å². The first kappa shape index (κ1) is 13.5. The van der Waals surface area contributed by atoms with E-state index in [2.05, 4.69) is 5.32 Å². The Morgan fingerprint density at radius 2 is 1.75 bits per heavy atom. The monoisotopic (exact) mass is 275 g/mol. The summed E-state index contributed by atoms with van der Waals surface area (Å²) in [4.78, 5) is 11.0. The fourth-order valence-corrected chi connectivity index (χ4v) is 1.74. The van der Waals surface area contributed by atoms with Crippen LogP contribution < -0.4 is 5.32 Å². The van der Waals surface area contributed by atoms with E-state index in [0.717, 1.165) is 0 Å². The Balaban J connectivity index is 2.20. The summed E-state index contributed by atoms with van der Waals surface area (Å²) >= 11 is 0. The Bertz CT molecular complexity index is 654. The average Bonchev–Trinajstić information content (AvgIpc) is 2.40. The molecule has 0 aliphatic rings. The molecular formula is C14H13NO5. The molecule has 0 aromatic heterocycles. The number of phenolic OH excluding ortho intramolecular Hbond substituents is 3. The minimum absolute atomic E-state index is 0.0331. The van der Waals surface area contributed by atoms with Crippen LogP contribution in [0.15, 0.2) is 36.4 Å². The first-order valence-electron chi connectivity index (χ1n) is 5.78. The third kappa shape index (κ3) is 2.92. The van der Waals surface area contributed by atoms with E-state index in [9.17, 15) is 20.1 Å². The summed E-state index contributed by atoms with van der Waals surface area (Å²) in [5.74, 6) is -1.64. The second-order valence-corrected chi connectivity index (χ2v) is 4.21. The molecule has 0 aliphatic carbocycles. The molecule has 0 fully saturated rings. The molecule has 6 heteroatoms. The highest BCUT2D eigenvalue weighted by atomic mass is 16.4. The van der Waals surface area contributed by atoms with Gasteiger partial charge in [-0.25, -0.2) is 4.79 Å². The predicted molar refractivity (Wildman–Crippen MR) is 72.2 cm³/mol. The molecule has 5 N–H and O–H groups in total. The van der Waals surface area contributed by atoms with Gasteiger partial charge in [0.1, 0.15) is 5.75 Å². The predicted octanol–water partition coefficient (Wildman–Crippen LogP) is 2.11. The van der Waals surface area contributed by atoms with E-state index in [1.165, 1.54) is 30.3 Å². The van der Waals surface area contributed by atoms with Crippen LogP contribution in [-0.4, -0.2) is 26.4 Å². The lowest BCUT2D eigenvalue weighted by molar-refractivity contribution is 0.0698. The van der Waals surface area contributed by atoms with Crippen molar-refractivity contribution in [3.05, 3.63) is 47.5 Å². The molecule has 20 heavy (non-hydrogen) atoms. The highest BCUT2D eigenvalue weighted by Gasteiger charge is 2.10. The number of aromatic hydroxyl groups is 3. The van der Waals surface area contributed by atoms with E-state index in [1.807, 2.05) is 0 Å². The van der Waals surface area contributed by atoms with Gasteiger partial charge in [0.05, 0.1) is 11.3 Å². The topological polar surface area (TPSA) is 110 Å². The largest absolute Gasteiger partial charge is 0.508 e. The van der Waals surface area contributed by atoms with Crippen LogP contribution in [-0.2, 0) is 6.54 Å². The van der Waals surface area contributed by atoms with Gasteiger partial charge in [0.25, 0.3) is 0 Å². The molecular weight excluding hydrogens is 262 g/mol. The van der Waals surface area contributed by atoms with Crippen molar-refractivity contribution in [2.75, 3.05) is 5.32 Å². The molecule has 0 saturated heterocycles. The number of carboxylic acid groups (broad SMARTS) is 1. The minimum atomic E-state index is -1.11. The van der Waals surface area contributed by atoms with Crippen LogP contribution in [0, 0.1) is 0 Å². The number of hydrogen-bond donors (Lipinski definition) is 5. The van der Waals surface area contributed by atoms with E-state index < -0.39 is 5.97 Å². The van der Waals surface area contributed by atoms with Crippen molar-refractivity contribution in [1.29, 1.82) is 0 Å². The van der Waals surface area contributed by atoms with Crippen molar-refractivity contribution < 1.29 is 25.2 Å². The van der Waals surface area contributed by atoms with Gasteiger partial charge in [-0.05, 0) is 29.8 Å². The first-order valence-corrected chi connectivity index (χ1v) is 5.78. The Morgan fingerprint density at radius 1 is 1.00 bits per heavy atom. The molecule has 0 atom stereocenters. The number of benzene rings is 2. The summed E-state index contributed by atoms with van der Waals surface area (Å²) < 4.78 is 0. The van der Waals surface area contributed by atoms with Crippen molar-refractivity contribution in [2.45, 2.75) is 6.54 Å². The molecule has 0 spiro atoms. The number of aromatic carboxylic acids is 1. The summed E-state index contributed by atoms with van der Waals surface area (Å²) in [5.41, 5.74) is 0.954. The highest BCUT2D eigenvalue weighted by Crippen LogP contribution is 2.26. The lowest BCUT2D eigenvalue weighted by Crippen LogP contribution is -2.06. The summed E-state index contributed by atoms with van der Waals surface area (Å²) in [6, 6.07) is 8.20. The third-order valence-corrected chi connectivity index (χ3v) is 2.76. The van der Waals surface area contributed by atoms with Gasteiger partial charge in [-0.3, -0.25) is 0 Å². The maximum Gasteiger partial charge on any atom is 0.337 e. The second-order valence-electron chi connectivity index (χ2n) is 4.21. The van der Waals surface area contributed by atoms with Crippen LogP contribution >= 0.6 is 0 Å². The van der Waals surface area contributed by atoms with Gasteiger partial charge in [0.2, 0.25) is 0 Å². The smallest absolute Gasteiger partial charge is 0.337 e. The van der Waals surface area contributed by atoms with Crippen molar-refractivity contribution in [2.24, 2.45) is 0 Å². The van der Waals surface area contributed by atoms with Gasteiger partial charge in [-0.2, -0.15) is 0 Å².